The molecule has 17 heavy (non-hydrogen) atoms. The standard InChI is InChI=1S/C14H21NO2/c1-10(15-2)14-12(16-3)8-5-9-13(14)17-11-6-4-7-11/h5,8-11,15H,4,6-7H2,1-3H3. The highest BCUT2D eigenvalue weighted by molar-refractivity contribution is 5.46. The zero-order valence-electron chi connectivity index (χ0n) is 10.8. The summed E-state index contributed by atoms with van der Waals surface area (Å²) in [7, 11) is 3.65. The minimum Gasteiger partial charge on any atom is -0.496 e. The van der Waals surface area contributed by atoms with Crippen molar-refractivity contribution >= 4 is 0 Å². The lowest BCUT2D eigenvalue weighted by Crippen LogP contribution is -2.26. The third-order valence-electron chi connectivity index (χ3n) is 3.46. The molecule has 0 spiro atoms. The SMILES string of the molecule is CNC(C)c1c(OC)cccc1OC1CCC1. The Morgan fingerprint density at radius 1 is 1.29 bits per heavy atom. The van der Waals surface area contributed by atoms with Crippen molar-refractivity contribution in [2.45, 2.75) is 38.3 Å². The van der Waals surface area contributed by atoms with Gasteiger partial charge in [0.15, 0.2) is 0 Å². The van der Waals surface area contributed by atoms with Crippen molar-refractivity contribution in [2.75, 3.05) is 14.2 Å². The number of hydrogen-bond acceptors (Lipinski definition) is 3. The summed E-state index contributed by atoms with van der Waals surface area (Å²) in [6, 6.07) is 6.22. The van der Waals surface area contributed by atoms with Crippen LogP contribution < -0.4 is 14.8 Å². The van der Waals surface area contributed by atoms with E-state index in [0.29, 0.717) is 6.10 Å². The Morgan fingerprint density at radius 3 is 2.53 bits per heavy atom. The average molecular weight is 235 g/mol. The number of nitrogens with one attached hydrogen (secondary N) is 1. The average Bonchev–Trinajstić information content (AvgIpc) is 2.32. The van der Waals surface area contributed by atoms with Crippen LogP contribution in [-0.2, 0) is 0 Å². The molecule has 0 aromatic heterocycles. The first-order valence-corrected chi connectivity index (χ1v) is 6.27. The lowest BCUT2D eigenvalue weighted by Gasteiger charge is -2.29. The van der Waals surface area contributed by atoms with Gasteiger partial charge in [0.2, 0.25) is 0 Å². The molecule has 1 aliphatic carbocycles. The maximum atomic E-state index is 6.03. The quantitative estimate of drug-likeness (QED) is 0.851. The van der Waals surface area contributed by atoms with Crippen molar-refractivity contribution in [1.29, 1.82) is 0 Å². The van der Waals surface area contributed by atoms with E-state index in [4.69, 9.17) is 9.47 Å². The first-order chi connectivity index (χ1) is 8.26. The summed E-state index contributed by atoms with van der Waals surface area (Å²) >= 11 is 0. The van der Waals surface area contributed by atoms with Crippen molar-refractivity contribution in [3.63, 3.8) is 0 Å². The maximum Gasteiger partial charge on any atom is 0.128 e. The fourth-order valence-electron chi connectivity index (χ4n) is 2.04. The molecule has 0 saturated heterocycles. The van der Waals surface area contributed by atoms with Crippen molar-refractivity contribution < 1.29 is 9.47 Å². The van der Waals surface area contributed by atoms with Crippen LogP contribution in [0.2, 0.25) is 0 Å². The highest BCUT2D eigenvalue weighted by atomic mass is 16.5. The largest absolute Gasteiger partial charge is 0.496 e. The van der Waals surface area contributed by atoms with Gasteiger partial charge >= 0.3 is 0 Å². The minimum absolute atomic E-state index is 0.223. The van der Waals surface area contributed by atoms with Gasteiger partial charge in [0, 0.05) is 6.04 Å². The number of methoxy groups -OCH3 is 1. The minimum atomic E-state index is 0.223. The zero-order valence-corrected chi connectivity index (χ0v) is 10.8. The van der Waals surface area contributed by atoms with E-state index in [9.17, 15) is 0 Å². The zero-order chi connectivity index (χ0) is 12.3. The van der Waals surface area contributed by atoms with Gasteiger partial charge in [-0.15, -0.1) is 0 Å². The predicted octanol–water partition coefficient (Wildman–Crippen LogP) is 2.91. The van der Waals surface area contributed by atoms with Gasteiger partial charge in [-0.3, -0.25) is 0 Å². The van der Waals surface area contributed by atoms with Crippen molar-refractivity contribution in [3.05, 3.63) is 23.8 Å². The van der Waals surface area contributed by atoms with Crippen LogP contribution in [0, 0.1) is 0 Å². The lowest BCUT2D eigenvalue weighted by atomic mass is 9.96. The molecule has 3 heteroatoms. The van der Waals surface area contributed by atoms with Crippen LogP contribution in [0.1, 0.15) is 37.8 Å². The molecule has 0 heterocycles. The summed E-state index contributed by atoms with van der Waals surface area (Å²) in [6.07, 6.45) is 4.02. The van der Waals surface area contributed by atoms with Gasteiger partial charge in [0.1, 0.15) is 11.5 Å². The molecule has 3 nitrogen and oxygen atoms in total. The number of benzene rings is 1. The van der Waals surface area contributed by atoms with Gasteiger partial charge in [-0.05, 0) is 45.4 Å². The number of hydrogen-bond donors (Lipinski definition) is 1. The Hall–Kier alpha value is -1.22. The van der Waals surface area contributed by atoms with E-state index in [1.807, 2.05) is 25.2 Å². The van der Waals surface area contributed by atoms with Crippen LogP contribution in [0.15, 0.2) is 18.2 Å². The highest BCUT2D eigenvalue weighted by Crippen LogP contribution is 2.36. The summed E-state index contributed by atoms with van der Waals surface area (Å²) in [5.41, 5.74) is 1.12. The third-order valence-corrected chi connectivity index (χ3v) is 3.46. The molecule has 94 valence electrons. The van der Waals surface area contributed by atoms with E-state index in [2.05, 4.69) is 12.2 Å². The Morgan fingerprint density at radius 2 is 2.00 bits per heavy atom. The molecule has 1 aromatic rings. The Bertz CT molecular complexity index is 374. The molecule has 1 atom stereocenters. The van der Waals surface area contributed by atoms with E-state index in [0.717, 1.165) is 17.1 Å². The summed E-state index contributed by atoms with van der Waals surface area (Å²) in [5.74, 6) is 1.85. The van der Waals surface area contributed by atoms with Gasteiger partial charge in [0.05, 0.1) is 18.8 Å². The summed E-state index contributed by atoms with van der Waals surface area (Å²) in [5, 5.41) is 3.25. The number of ether oxygens (including phenoxy) is 2. The molecule has 0 amide bonds. The molecule has 0 bridgehead atoms. The normalized spacial score (nSPS) is 17.4. The van der Waals surface area contributed by atoms with Crippen molar-refractivity contribution in [3.8, 4) is 11.5 Å². The van der Waals surface area contributed by atoms with E-state index >= 15 is 0 Å². The van der Waals surface area contributed by atoms with Crippen LogP contribution >= 0.6 is 0 Å². The van der Waals surface area contributed by atoms with E-state index < -0.39 is 0 Å². The maximum absolute atomic E-state index is 6.03. The molecule has 1 fully saturated rings. The van der Waals surface area contributed by atoms with E-state index in [1.54, 1.807) is 7.11 Å². The smallest absolute Gasteiger partial charge is 0.128 e. The molecular formula is C14H21NO2. The topological polar surface area (TPSA) is 30.5 Å². The molecule has 0 aliphatic heterocycles. The Balaban J connectivity index is 2.27. The van der Waals surface area contributed by atoms with Gasteiger partial charge in [-0.2, -0.15) is 0 Å². The predicted molar refractivity (Wildman–Crippen MR) is 68.7 cm³/mol. The first-order valence-electron chi connectivity index (χ1n) is 6.27. The van der Waals surface area contributed by atoms with E-state index in [1.165, 1.54) is 19.3 Å². The molecular weight excluding hydrogens is 214 g/mol. The van der Waals surface area contributed by atoms with Gasteiger partial charge in [-0.25, -0.2) is 0 Å². The molecule has 2 rings (SSSR count). The second-order valence-electron chi connectivity index (χ2n) is 4.55. The fourth-order valence-corrected chi connectivity index (χ4v) is 2.04. The Labute approximate surface area is 103 Å². The summed E-state index contributed by atoms with van der Waals surface area (Å²) in [4.78, 5) is 0. The second kappa shape index (κ2) is 5.41. The molecule has 1 aliphatic rings. The molecule has 1 saturated carbocycles. The van der Waals surface area contributed by atoms with E-state index in [-0.39, 0.29) is 6.04 Å². The fraction of sp³-hybridized carbons (Fsp3) is 0.571. The van der Waals surface area contributed by atoms with Crippen LogP contribution in [-0.4, -0.2) is 20.3 Å². The van der Waals surface area contributed by atoms with Gasteiger partial charge in [-0.1, -0.05) is 6.07 Å². The third kappa shape index (κ3) is 2.55. The monoisotopic (exact) mass is 235 g/mol. The van der Waals surface area contributed by atoms with Crippen molar-refractivity contribution in [1.82, 2.24) is 5.32 Å². The molecule has 1 aromatic carbocycles. The molecule has 1 N–H and O–H groups in total. The van der Waals surface area contributed by atoms with Crippen molar-refractivity contribution in [2.24, 2.45) is 0 Å². The lowest BCUT2D eigenvalue weighted by molar-refractivity contribution is 0.118. The first kappa shape index (κ1) is 12.2. The second-order valence-corrected chi connectivity index (χ2v) is 4.55. The number of rotatable bonds is 5. The van der Waals surface area contributed by atoms with Crippen LogP contribution in [0.25, 0.3) is 0 Å². The van der Waals surface area contributed by atoms with Crippen LogP contribution in [0.5, 0.6) is 11.5 Å². The molecule has 1 unspecified atom stereocenters. The van der Waals surface area contributed by atoms with Gasteiger partial charge in [0.25, 0.3) is 0 Å². The van der Waals surface area contributed by atoms with Crippen LogP contribution in [0.4, 0.5) is 0 Å². The molecule has 0 radical (unpaired) electrons. The summed E-state index contributed by atoms with van der Waals surface area (Å²) < 4.78 is 11.4. The van der Waals surface area contributed by atoms with Gasteiger partial charge < -0.3 is 14.8 Å². The summed E-state index contributed by atoms with van der Waals surface area (Å²) in [6.45, 7) is 2.12. The van der Waals surface area contributed by atoms with Crippen LogP contribution in [0.3, 0.4) is 0 Å². The Kier molecular flexibility index (Phi) is 3.89. The highest BCUT2D eigenvalue weighted by Gasteiger charge is 2.23.